The van der Waals surface area contributed by atoms with Crippen LogP contribution >= 0.6 is 0 Å². The lowest BCUT2D eigenvalue weighted by molar-refractivity contribution is 0.0497. The SMILES string of the molecule is CCCCCCCOC(=O)c1ccc(-c2cc(F)c(N=Nc3ccc(N=Nc4ccc(N(C)C)cc4)cc3)c(F)c2)cc1. The molecule has 0 aliphatic carbocycles. The minimum absolute atomic E-state index is 0.316. The molecule has 0 aliphatic rings. The summed E-state index contributed by atoms with van der Waals surface area (Å²) in [6, 6.07) is 23.1. The van der Waals surface area contributed by atoms with Crippen LogP contribution in [0.5, 0.6) is 0 Å². The highest BCUT2D eigenvalue weighted by molar-refractivity contribution is 5.90. The Balaban J connectivity index is 1.35. The first kappa shape index (κ1) is 31.2. The standard InChI is InChI=1S/C34H35F2N5O2/c1-4-5-6-7-8-21-43-34(42)25-11-9-24(10-12-25)26-22-31(35)33(32(36)23-26)40-39-28-15-13-27(14-16-28)37-38-29-17-19-30(20-18-29)41(2)3/h9-20,22-23H,4-8,21H2,1-3H3. The van der Waals surface area contributed by atoms with E-state index in [0.29, 0.717) is 40.4 Å². The van der Waals surface area contributed by atoms with Gasteiger partial charge in [-0.1, -0.05) is 44.7 Å². The van der Waals surface area contributed by atoms with Crippen LogP contribution in [0.15, 0.2) is 105 Å². The first-order valence-electron chi connectivity index (χ1n) is 14.3. The van der Waals surface area contributed by atoms with Crippen LogP contribution in [0.1, 0.15) is 49.4 Å². The average Bonchev–Trinajstić information content (AvgIpc) is 3.02. The molecule has 0 amide bonds. The molecule has 0 unspecified atom stereocenters. The fraction of sp³-hybridized carbons (Fsp3) is 0.265. The second-order valence-corrected chi connectivity index (χ2v) is 10.2. The topological polar surface area (TPSA) is 79.0 Å². The highest BCUT2D eigenvalue weighted by Crippen LogP contribution is 2.31. The molecule has 4 aromatic rings. The van der Waals surface area contributed by atoms with E-state index in [9.17, 15) is 13.6 Å². The third-order valence-electron chi connectivity index (χ3n) is 6.71. The summed E-state index contributed by atoms with van der Waals surface area (Å²) in [4.78, 5) is 14.3. The zero-order chi connectivity index (χ0) is 30.6. The predicted molar refractivity (Wildman–Crippen MR) is 166 cm³/mol. The molecule has 0 radical (unpaired) electrons. The van der Waals surface area contributed by atoms with Gasteiger partial charge in [0, 0.05) is 19.8 Å². The lowest BCUT2D eigenvalue weighted by atomic mass is 10.0. The molecule has 222 valence electrons. The Hall–Kier alpha value is -4.79. The van der Waals surface area contributed by atoms with Gasteiger partial charge in [0.1, 0.15) is 0 Å². The summed E-state index contributed by atoms with van der Waals surface area (Å²) in [5, 5.41) is 16.2. The monoisotopic (exact) mass is 583 g/mol. The van der Waals surface area contributed by atoms with Gasteiger partial charge in [0.25, 0.3) is 0 Å². The summed E-state index contributed by atoms with van der Waals surface area (Å²) in [5.74, 6) is -2.12. The maximum atomic E-state index is 14.9. The molecule has 9 heteroatoms. The Labute approximate surface area is 251 Å². The molecule has 7 nitrogen and oxygen atoms in total. The van der Waals surface area contributed by atoms with Crippen molar-refractivity contribution in [1.29, 1.82) is 0 Å². The second kappa shape index (κ2) is 15.4. The van der Waals surface area contributed by atoms with Crippen LogP contribution in [-0.2, 0) is 4.74 Å². The summed E-state index contributed by atoms with van der Waals surface area (Å²) in [6.07, 6.45) is 5.32. The van der Waals surface area contributed by atoms with E-state index >= 15 is 0 Å². The fourth-order valence-corrected chi connectivity index (χ4v) is 4.21. The Morgan fingerprint density at radius 2 is 1.19 bits per heavy atom. The number of ether oxygens (including phenoxy) is 1. The van der Waals surface area contributed by atoms with Crippen LogP contribution in [0, 0.1) is 11.6 Å². The minimum atomic E-state index is -0.851. The Morgan fingerprint density at radius 1 is 0.674 bits per heavy atom. The number of unbranched alkanes of at least 4 members (excludes halogenated alkanes) is 4. The van der Waals surface area contributed by atoms with Gasteiger partial charge in [-0.25, -0.2) is 13.6 Å². The molecule has 43 heavy (non-hydrogen) atoms. The van der Waals surface area contributed by atoms with E-state index in [0.717, 1.165) is 31.4 Å². The number of azo groups is 2. The Kier molecular flexibility index (Phi) is 11.2. The van der Waals surface area contributed by atoms with Crippen molar-refractivity contribution in [2.24, 2.45) is 20.5 Å². The molecule has 4 rings (SSSR count). The molecule has 0 aliphatic heterocycles. The molecule has 0 aromatic heterocycles. The van der Waals surface area contributed by atoms with Crippen molar-refractivity contribution in [2.45, 2.75) is 39.0 Å². The van der Waals surface area contributed by atoms with Crippen molar-refractivity contribution in [3.63, 3.8) is 0 Å². The van der Waals surface area contributed by atoms with Gasteiger partial charge in [-0.3, -0.25) is 0 Å². The van der Waals surface area contributed by atoms with E-state index in [4.69, 9.17) is 4.74 Å². The summed E-state index contributed by atoms with van der Waals surface area (Å²) in [6.45, 7) is 2.52. The zero-order valence-corrected chi connectivity index (χ0v) is 24.6. The number of halogens is 2. The normalized spacial score (nSPS) is 11.4. The van der Waals surface area contributed by atoms with Gasteiger partial charge in [0.05, 0.1) is 29.2 Å². The van der Waals surface area contributed by atoms with E-state index in [-0.39, 0.29) is 0 Å². The molecule has 0 saturated carbocycles. The molecule has 0 fully saturated rings. The number of nitrogens with zero attached hydrogens (tertiary/aromatic N) is 5. The molecular formula is C34H35F2N5O2. The van der Waals surface area contributed by atoms with Crippen molar-refractivity contribution in [3.05, 3.63) is 102 Å². The fourth-order valence-electron chi connectivity index (χ4n) is 4.21. The number of esters is 1. The average molecular weight is 584 g/mol. The summed E-state index contributed by atoms with van der Waals surface area (Å²) >= 11 is 0. The molecule has 4 aromatic carbocycles. The zero-order valence-electron chi connectivity index (χ0n) is 24.6. The van der Waals surface area contributed by atoms with E-state index < -0.39 is 23.3 Å². The van der Waals surface area contributed by atoms with E-state index in [1.54, 1.807) is 48.5 Å². The number of hydrogen-bond donors (Lipinski definition) is 0. The lowest BCUT2D eigenvalue weighted by Gasteiger charge is -2.11. The third kappa shape index (κ3) is 9.10. The largest absolute Gasteiger partial charge is 0.462 e. The van der Waals surface area contributed by atoms with E-state index in [1.165, 1.54) is 18.6 Å². The third-order valence-corrected chi connectivity index (χ3v) is 6.71. The van der Waals surface area contributed by atoms with Crippen LogP contribution in [0.25, 0.3) is 11.1 Å². The Bertz CT molecular complexity index is 1530. The molecule has 0 heterocycles. The number of carbonyl (C=O) groups excluding carboxylic acids is 1. The van der Waals surface area contributed by atoms with Gasteiger partial charge in [0.15, 0.2) is 17.3 Å². The molecule has 0 N–H and O–H groups in total. The van der Waals surface area contributed by atoms with E-state index in [2.05, 4.69) is 27.4 Å². The second-order valence-electron chi connectivity index (χ2n) is 10.2. The lowest BCUT2D eigenvalue weighted by Crippen LogP contribution is -2.07. The molecule has 0 bridgehead atoms. The smallest absolute Gasteiger partial charge is 0.338 e. The minimum Gasteiger partial charge on any atom is -0.462 e. The number of benzene rings is 4. The van der Waals surface area contributed by atoms with Crippen molar-refractivity contribution in [2.75, 3.05) is 25.6 Å². The molecule has 0 spiro atoms. The van der Waals surface area contributed by atoms with Gasteiger partial charge >= 0.3 is 5.97 Å². The first-order chi connectivity index (χ1) is 20.8. The number of anilines is 1. The summed E-state index contributed by atoms with van der Waals surface area (Å²) in [5.41, 5.74) is 3.53. The van der Waals surface area contributed by atoms with Crippen molar-refractivity contribution >= 4 is 34.4 Å². The molecular weight excluding hydrogens is 548 g/mol. The van der Waals surface area contributed by atoms with Crippen LogP contribution in [-0.4, -0.2) is 26.7 Å². The van der Waals surface area contributed by atoms with Crippen molar-refractivity contribution in [1.82, 2.24) is 0 Å². The van der Waals surface area contributed by atoms with Crippen LogP contribution in [0.2, 0.25) is 0 Å². The number of rotatable bonds is 13. The van der Waals surface area contributed by atoms with Gasteiger partial charge in [-0.15, -0.1) is 5.11 Å². The predicted octanol–water partition coefficient (Wildman–Crippen LogP) is 10.7. The van der Waals surface area contributed by atoms with Crippen molar-refractivity contribution in [3.8, 4) is 11.1 Å². The number of hydrogen-bond acceptors (Lipinski definition) is 7. The summed E-state index contributed by atoms with van der Waals surface area (Å²) < 4.78 is 35.0. The van der Waals surface area contributed by atoms with Gasteiger partial charge in [-0.2, -0.15) is 15.3 Å². The number of carbonyl (C=O) groups is 1. The first-order valence-corrected chi connectivity index (χ1v) is 14.3. The molecule has 0 saturated heterocycles. The summed E-state index contributed by atoms with van der Waals surface area (Å²) in [7, 11) is 3.93. The van der Waals surface area contributed by atoms with Crippen LogP contribution in [0.3, 0.4) is 0 Å². The van der Waals surface area contributed by atoms with Crippen LogP contribution in [0.4, 0.5) is 37.2 Å². The van der Waals surface area contributed by atoms with E-state index in [1.807, 2.05) is 43.3 Å². The Morgan fingerprint density at radius 3 is 1.72 bits per heavy atom. The van der Waals surface area contributed by atoms with Crippen molar-refractivity contribution < 1.29 is 18.3 Å². The highest BCUT2D eigenvalue weighted by atomic mass is 19.1. The van der Waals surface area contributed by atoms with Gasteiger partial charge in [0.2, 0.25) is 0 Å². The van der Waals surface area contributed by atoms with Crippen LogP contribution < -0.4 is 4.90 Å². The highest BCUT2D eigenvalue weighted by Gasteiger charge is 2.13. The van der Waals surface area contributed by atoms with Gasteiger partial charge < -0.3 is 9.64 Å². The molecule has 0 atom stereocenters. The van der Waals surface area contributed by atoms with Gasteiger partial charge in [-0.05, 0) is 90.3 Å². The maximum Gasteiger partial charge on any atom is 0.338 e. The maximum absolute atomic E-state index is 14.9. The quantitative estimate of drug-likeness (QED) is 0.0892.